The number of nitrogens with zero attached hydrogens (tertiary/aromatic N) is 3. The van der Waals surface area contributed by atoms with Crippen molar-refractivity contribution >= 4 is 11.6 Å². The van der Waals surface area contributed by atoms with E-state index in [1.165, 1.54) is 6.42 Å². The third-order valence-corrected chi connectivity index (χ3v) is 3.56. The van der Waals surface area contributed by atoms with Gasteiger partial charge in [0.15, 0.2) is 0 Å². The lowest BCUT2D eigenvalue weighted by Gasteiger charge is -2.32. The Morgan fingerprint density at radius 3 is 2.80 bits per heavy atom. The van der Waals surface area contributed by atoms with Crippen molar-refractivity contribution in [1.29, 1.82) is 0 Å². The summed E-state index contributed by atoms with van der Waals surface area (Å²) in [5, 5.41) is 0. The van der Waals surface area contributed by atoms with Crippen LogP contribution in [-0.2, 0) is 0 Å². The van der Waals surface area contributed by atoms with Crippen LogP contribution in [-0.4, -0.2) is 42.1 Å². The van der Waals surface area contributed by atoms with Gasteiger partial charge in [-0.2, -0.15) is 0 Å². The van der Waals surface area contributed by atoms with E-state index in [0.29, 0.717) is 17.9 Å². The van der Waals surface area contributed by atoms with Gasteiger partial charge in [0.25, 0.3) is 0 Å². The molecule has 2 aliphatic heterocycles. The molecule has 2 saturated heterocycles. The van der Waals surface area contributed by atoms with Gasteiger partial charge in [-0.05, 0) is 25.6 Å². The Morgan fingerprint density at radius 2 is 2.20 bits per heavy atom. The Labute approximate surface area is 89.7 Å². The predicted molar refractivity (Wildman–Crippen MR) is 60.8 cm³/mol. The third-order valence-electron chi connectivity index (χ3n) is 3.56. The van der Waals surface area contributed by atoms with Gasteiger partial charge in [-0.25, -0.2) is 4.98 Å². The molecule has 0 aromatic carbocycles. The van der Waals surface area contributed by atoms with E-state index in [2.05, 4.69) is 27.9 Å². The lowest BCUT2D eigenvalue weighted by atomic mass is 10.2. The molecule has 0 unspecified atom stereocenters. The van der Waals surface area contributed by atoms with Gasteiger partial charge >= 0.3 is 0 Å². The minimum Gasteiger partial charge on any atom is -0.384 e. The highest BCUT2D eigenvalue weighted by atomic mass is 15.4. The van der Waals surface area contributed by atoms with E-state index < -0.39 is 0 Å². The standard InChI is InChI=1S/C11H16N4/c1-14-6-9-5-8(14)7-15(9)11-4-2-3-10(12)13-11/h2-4,8-9H,5-7H2,1H3,(H2,12,13)/t8-,9-/m0/s1. The van der Waals surface area contributed by atoms with Crippen LogP contribution in [0.1, 0.15) is 6.42 Å². The van der Waals surface area contributed by atoms with Crippen LogP contribution < -0.4 is 10.6 Å². The molecule has 2 N–H and O–H groups in total. The molecule has 1 aromatic rings. The molecule has 0 aliphatic carbocycles. The lowest BCUT2D eigenvalue weighted by molar-refractivity contribution is 0.292. The molecular formula is C11H16N4. The van der Waals surface area contributed by atoms with E-state index in [1.807, 2.05) is 12.1 Å². The molecule has 0 radical (unpaired) electrons. The van der Waals surface area contributed by atoms with Gasteiger partial charge in [0.05, 0.1) is 0 Å². The number of hydrogen-bond donors (Lipinski definition) is 1. The van der Waals surface area contributed by atoms with Crippen LogP contribution >= 0.6 is 0 Å². The fraction of sp³-hybridized carbons (Fsp3) is 0.545. The second-order valence-corrected chi connectivity index (χ2v) is 4.56. The Bertz CT molecular complexity index is 377. The molecule has 2 aliphatic rings. The summed E-state index contributed by atoms with van der Waals surface area (Å²) in [6.45, 7) is 2.25. The Kier molecular flexibility index (Phi) is 1.85. The summed E-state index contributed by atoms with van der Waals surface area (Å²) in [6.07, 6.45) is 1.27. The Morgan fingerprint density at radius 1 is 1.33 bits per heavy atom. The number of fused-ring (bicyclic) bond motifs is 2. The van der Waals surface area contributed by atoms with Crippen molar-refractivity contribution in [2.75, 3.05) is 30.8 Å². The SMILES string of the molecule is CN1C[C@@H]2C[C@H]1CN2c1cccc(N)n1. The summed E-state index contributed by atoms with van der Waals surface area (Å²) in [6, 6.07) is 7.21. The number of pyridine rings is 1. The minimum atomic E-state index is 0.614. The van der Waals surface area contributed by atoms with Crippen LogP contribution in [0.25, 0.3) is 0 Å². The van der Waals surface area contributed by atoms with Crippen molar-refractivity contribution in [3.8, 4) is 0 Å². The van der Waals surface area contributed by atoms with Crippen molar-refractivity contribution in [1.82, 2.24) is 9.88 Å². The van der Waals surface area contributed by atoms with Gasteiger partial charge < -0.3 is 10.6 Å². The minimum absolute atomic E-state index is 0.614. The van der Waals surface area contributed by atoms with Crippen molar-refractivity contribution in [3.05, 3.63) is 18.2 Å². The quantitative estimate of drug-likeness (QED) is 0.726. The molecule has 15 heavy (non-hydrogen) atoms. The van der Waals surface area contributed by atoms with E-state index in [4.69, 9.17) is 5.73 Å². The molecule has 2 atom stereocenters. The first kappa shape index (κ1) is 8.97. The van der Waals surface area contributed by atoms with Gasteiger partial charge in [-0.3, -0.25) is 4.90 Å². The van der Waals surface area contributed by atoms with Gasteiger partial charge in [-0.15, -0.1) is 0 Å². The van der Waals surface area contributed by atoms with E-state index in [1.54, 1.807) is 0 Å². The monoisotopic (exact) mass is 204 g/mol. The fourth-order valence-corrected chi connectivity index (χ4v) is 2.75. The van der Waals surface area contributed by atoms with Crippen molar-refractivity contribution < 1.29 is 0 Å². The topological polar surface area (TPSA) is 45.4 Å². The Hall–Kier alpha value is -1.29. The first-order valence-electron chi connectivity index (χ1n) is 5.43. The summed E-state index contributed by atoms with van der Waals surface area (Å²) in [5.41, 5.74) is 5.70. The number of nitrogens with two attached hydrogens (primary N) is 1. The summed E-state index contributed by atoms with van der Waals surface area (Å²) in [7, 11) is 2.20. The summed E-state index contributed by atoms with van der Waals surface area (Å²) in [5.74, 6) is 1.65. The highest BCUT2D eigenvalue weighted by Crippen LogP contribution is 2.32. The second-order valence-electron chi connectivity index (χ2n) is 4.56. The Balaban J connectivity index is 1.86. The van der Waals surface area contributed by atoms with Crippen LogP contribution in [0.15, 0.2) is 18.2 Å². The first-order chi connectivity index (χ1) is 7.24. The molecule has 2 bridgehead atoms. The highest BCUT2D eigenvalue weighted by Gasteiger charge is 2.41. The smallest absolute Gasteiger partial charge is 0.131 e. The maximum absolute atomic E-state index is 5.70. The highest BCUT2D eigenvalue weighted by molar-refractivity contribution is 5.48. The molecule has 80 valence electrons. The molecule has 3 rings (SSSR count). The first-order valence-corrected chi connectivity index (χ1v) is 5.43. The molecule has 3 heterocycles. The third kappa shape index (κ3) is 1.36. The zero-order valence-corrected chi connectivity index (χ0v) is 8.93. The molecule has 4 heteroatoms. The molecular weight excluding hydrogens is 188 g/mol. The predicted octanol–water partition coefficient (Wildman–Crippen LogP) is 0.556. The van der Waals surface area contributed by atoms with Crippen LogP contribution in [0.3, 0.4) is 0 Å². The number of rotatable bonds is 1. The average Bonchev–Trinajstić information content (AvgIpc) is 2.76. The molecule has 0 amide bonds. The number of likely N-dealkylation sites (tertiary alicyclic amines) is 1. The molecule has 1 aromatic heterocycles. The van der Waals surface area contributed by atoms with Gasteiger partial charge in [0.1, 0.15) is 11.6 Å². The maximum atomic E-state index is 5.70. The van der Waals surface area contributed by atoms with Gasteiger partial charge in [0, 0.05) is 25.2 Å². The van der Waals surface area contributed by atoms with E-state index in [-0.39, 0.29) is 0 Å². The molecule has 2 fully saturated rings. The normalized spacial score (nSPS) is 30.1. The van der Waals surface area contributed by atoms with Crippen LogP contribution in [0.2, 0.25) is 0 Å². The van der Waals surface area contributed by atoms with Crippen LogP contribution in [0.5, 0.6) is 0 Å². The molecule has 0 saturated carbocycles. The zero-order chi connectivity index (χ0) is 10.4. The van der Waals surface area contributed by atoms with Crippen molar-refractivity contribution in [3.63, 3.8) is 0 Å². The summed E-state index contributed by atoms with van der Waals surface area (Å²) in [4.78, 5) is 9.21. The summed E-state index contributed by atoms with van der Waals surface area (Å²) >= 11 is 0. The fourth-order valence-electron chi connectivity index (χ4n) is 2.75. The van der Waals surface area contributed by atoms with E-state index >= 15 is 0 Å². The maximum Gasteiger partial charge on any atom is 0.131 e. The van der Waals surface area contributed by atoms with E-state index in [0.717, 1.165) is 18.9 Å². The lowest BCUT2D eigenvalue weighted by Crippen LogP contribution is -2.44. The number of hydrogen-bond acceptors (Lipinski definition) is 4. The average molecular weight is 204 g/mol. The number of nitrogen functional groups attached to an aromatic ring is 1. The van der Waals surface area contributed by atoms with Crippen molar-refractivity contribution in [2.45, 2.75) is 18.5 Å². The van der Waals surface area contributed by atoms with Crippen LogP contribution in [0, 0.1) is 0 Å². The largest absolute Gasteiger partial charge is 0.384 e. The number of aromatic nitrogens is 1. The number of anilines is 2. The number of likely N-dealkylation sites (N-methyl/N-ethyl adjacent to an activating group) is 1. The zero-order valence-electron chi connectivity index (χ0n) is 8.93. The summed E-state index contributed by atoms with van der Waals surface area (Å²) < 4.78 is 0. The van der Waals surface area contributed by atoms with Gasteiger partial charge in [0.2, 0.25) is 0 Å². The van der Waals surface area contributed by atoms with Crippen molar-refractivity contribution in [2.24, 2.45) is 0 Å². The number of piperazine rings is 1. The molecule has 4 nitrogen and oxygen atoms in total. The van der Waals surface area contributed by atoms with Crippen LogP contribution in [0.4, 0.5) is 11.6 Å². The van der Waals surface area contributed by atoms with Gasteiger partial charge in [-0.1, -0.05) is 6.07 Å². The van der Waals surface area contributed by atoms with E-state index in [9.17, 15) is 0 Å². The second kappa shape index (κ2) is 3.10. The molecule has 0 spiro atoms.